The van der Waals surface area contributed by atoms with E-state index in [4.69, 9.17) is 0 Å². The number of urea groups is 1. The second-order valence-electron chi connectivity index (χ2n) is 6.59. The van der Waals surface area contributed by atoms with Crippen LogP contribution >= 0.6 is 0 Å². The van der Waals surface area contributed by atoms with Gasteiger partial charge in [0, 0.05) is 24.0 Å². The van der Waals surface area contributed by atoms with Crippen LogP contribution < -0.4 is 15.4 Å². The van der Waals surface area contributed by atoms with E-state index >= 15 is 0 Å². The molecule has 128 valence electrons. The van der Waals surface area contributed by atoms with Gasteiger partial charge in [0.05, 0.1) is 6.26 Å². The Morgan fingerprint density at radius 3 is 2.48 bits per heavy atom. The first-order chi connectivity index (χ1) is 10.6. The Morgan fingerprint density at radius 2 is 1.91 bits per heavy atom. The molecule has 0 aromatic heterocycles. The second kappa shape index (κ2) is 6.45. The third kappa shape index (κ3) is 5.80. The molecule has 6 nitrogen and oxygen atoms in total. The van der Waals surface area contributed by atoms with Gasteiger partial charge in [-0.2, -0.15) is 0 Å². The number of hydrogen-bond acceptors (Lipinski definition) is 3. The van der Waals surface area contributed by atoms with Crippen molar-refractivity contribution in [1.82, 2.24) is 15.4 Å². The fourth-order valence-electron chi connectivity index (χ4n) is 2.49. The van der Waals surface area contributed by atoms with Gasteiger partial charge in [-0.1, -0.05) is 12.1 Å². The number of benzene rings is 1. The molecule has 1 aromatic rings. The third-order valence-corrected chi connectivity index (χ3v) is 4.48. The molecule has 8 heteroatoms. The third-order valence-electron chi connectivity index (χ3n) is 3.56. The monoisotopic (exact) mass is 343 g/mol. The van der Waals surface area contributed by atoms with Crippen LogP contribution in [0.3, 0.4) is 0 Å². The van der Waals surface area contributed by atoms with Crippen molar-refractivity contribution < 1.29 is 17.6 Å². The summed E-state index contributed by atoms with van der Waals surface area (Å²) in [6.07, 6.45) is 1.89. The van der Waals surface area contributed by atoms with Gasteiger partial charge in [-0.3, -0.25) is 0 Å². The molecular weight excluding hydrogens is 321 g/mol. The van der Waals surface area contributed by atoms with Gasteiger partial charge in [-0.25, -0.2) is 22.3 Å². The SMILES string of the molecule is CC(C)(CNC(=O)NC1CC1c1ccc(F)cc1)NS(C)(=O)=O. The molecule has 0 heterocycles. The Balaban J connectivity index is 1.77. The summed E-state index contributed by atoms with van der Waals surface area (Å²) < 4.78 is 37.8. The molecule has 2 unspecified atom stereocenters. The first kappa shape index (κ1) is 17.7. The highest BCUT2D eigenvalue weighted by Crippen LogP contribution is 2.40. The van der Waals surface area contributed by atoms with Crippen molar-refractivity contribution in [3.63, 3.8) is 0 Å². The zero-order chi connectivity index (χ0) is 17.3. The molecule has 2 atom stereocenters. The molecule has 0 saturated heterocycles. The number of sulfonamides is 1. The van der Waals surface area contributed by atoms with E-state index in [1.54, 1.807) is 26.0 Å². The average molecular weight is 343 g/mol. The van der Waals surface area contributed by atoms with Crippen LogP contribution in [0.4, 0.5) is 9.18 Å². The number of carbonyl (C=O) groups is 1. The van der Waals surface area contributed by atoms with Crippen molar-refractivity contribution in [3.05, 3.63) is 35.6 Å². The highest BCUT2D eigenvalue weighted by Gasteiger charge is 2.39. The zero-order valence-electron chi connectivity index (χ0n) is 13.4. The van der Waals surface area contributed by atoms with Gasteiger partial charge in [0.15, 0.2) is 0 Å². The van der Waals surface area contributed by atoms with Crippen molar-refractivity contribution in [1.29, 1.82) is 0 Å². The number of amides is 2. The minimum absolute atomic E-state index is 0.0199. The van der Waals surface area contributed by atoms with Crippen LogP contribution in [-0.4, -0.2) is 38.8 Å². The van der Waals surface area contributed by atoms with Crippen molar-refractivity contribution in [3.8, 4) is 0 Å². The Hall–Kier alpha value is -1.67. The highest BCUT2D eigenvalue weighted by molar-refractivity contribution is 7.88. The topological polar surface area (TPSA) is 87.3 Å². The Bertz CT molecular complexity index is 674. The Morgan fingerprint density at radius 1 is 1.30 bits per heavy atom. The summed E-state index contributed by atoms with van der Waals surface area (Å²) in [5, 5.41) is 5.49. The predicted octanol–water partition coefficient (Wildman–Crippen LogP) is 1.31. The Labute approximate surface area is 135 Å². The average Bonchev–Trinajstić information content (AvgIpc) is 3.14. The lowest BCUT2D eigenvalue weighted by atomic mass is 10.1. The lowest BCUT2D eigenvalue weighted by Gasteiger charge is -2.25. The second-order valence-corrected chi connectivity index (χ2v) is 8.33. The molecular formula is C15H22FN3O3S. The molecule has 0 bridgehead atoms. The molecule has 1 aromatic carbocycles. The van der Waals surface area contributed by atoms with E-state index in [0.717, 1.165) is 18.2 Å². The van der Waals surface area contributed by atoms with E-state index in [9.17, 15) is 17.6 Å². The summed E-state index contributed by atoms with van der Waals surface area (Å²) in [5.74, 6) is -0.0826. The molecule has 1 aliphatic rings. The van der Waals surface area contributed by atoms with Gasteiger partial charge in [0.25, 0.3) is 0 Å². The van der Waals surface area contributed by atoms with E-state index in [0.29, 0.717) is 0 Å². The van der Waals surface area contributed by atoms with Crippen molar-refractivity contribution in [2.75, 3.05) is 12.8 Å². The van der Waals surface area contributed by atoms with Gasteiger partial charge < -0.3 is 10.6 Å². The van der Waals surface area contributed by atoms with Crippen LogP contribution in [0.25, 0.3) is 0 Å². The fraction of sp³-hybridized carbons (Fsp3) is 0.533. The van der Waals surface area contributed by atoms with Crippen molar-refractivity contribution >= 4 is 16.1 Å². The van der Waals surface area contributed by atoms with Gasteiger partial charge >= 0.3 is 6.03 Å². The molecule has 2 rings (SSSR count). The Kier molecular flexibility index (Phi) is 4.95. The normalized spacial score (nSPS) is 20.9. The van der Waals surface area contributed by atoms with Gasteiger partial charge in [0.1, 0.15) is 5.82 Å². The van der Waals surface area contributed by atoms with Crippen LogP contribution in [0.5, 0.6) is 0 Å². The molecule has 1 aliphatic carbocycles. The quantitative estimate of drug-likeness (QED) is 0.728. The predicted molar refractivity (Wildman–Crippen MR) is 86.1 cm³/mol. The van der Waals surface area contributed by atoms with E-state index in [2.05, 4.69) is 15.4 Å². The maximum absolute atomic E-state index is 12.9. The standard InChI is InChI=1S/C15H22FN3O3S/c1-15(2,19-23(3,21)22)9-17-14(20)18-13-8-12(13)10-4-6-11(16)7-5-10/h4-7,12-13,19H,8-9H2,1-3H3,(H2,17,18,20). The van der Waals surface area contributed by atoms with E-state index in [-0.39, 0.29) is 30.4 Å². The summed E-state index contributed by atoms with van der Waals surface area (Å²) in [6, 6.07) is 5.93. The first-order valence-corrected chi connectivity index (χ1v) is 9.24. The largest absolute Gasteiger partial charge is 0.336 e. The van der Waals surface area contributed by atoms with E-state index in [1.165, 1.54) is 12.1 Å². The maximum atomic E-state index is 12.9. The van der Waals surface area contributed by atoms with Crippen LogP contribution in [0.2, 0.25) is 0 Å². The number of halogens is 1. The molecule has 0 radical (unpaired) electrons. The zero-order valence-corrected chi connectivity index (χ0v) is 14.2. The van der Waals surface area contributed by atoms with Gasteiger partial charge in [-0.05, 0) is 38.0 Å². The number of carbonyl (C=O) groups excluding carboxylic acids is 1. The molecule has 0 aliphatic heterocycles. The van der Waals surface area contributed by atoms with Crippen LogP contribution in [0, 0.1) is 5.82 Å². The smallest absolute Gasteiger partial charge is 0.315 e. The number of nitrogens with one attached hydrogen (secondary N) is 3. The van der Waals surface area contributed by atoms with Crippen molar-refractivity contribution in [2.45, 2.75) is 37.8 Å². The molecule has 1 fully saturated rings. The van der Waals surface area contributed by atoms with Crippen LogP contribution in [0.15, 0.2) is 24.3 Å². The summed E-state index contributed by atoms with van der Waals surface area (Å²) in [7, 11) is -3.34. The number of rotatable bonds is 6. The molecule has 23 heavy (non-hydrogen) atoms. The van der Waals surface area contributed by atoms with Crippen molar-refractivity contribution in [2.24, 2.45) is 0 Å². The summed E-state index contributed by atoms with van der Waals surface area (Å²) in [4.78, 5) is 11.9. The summed E-state index contributed by atoms with van der Waals surface area (Å²) in [5.41, 5.74) is 0.223. The lowest BCUT2D eigenvalue weighted by Crippen LogP contribution is -2.52. The van der Waals surface area contributed by atoms with E-state index < -0.39 is 15.6 Å². The molecule has 0 spiro atoms. The lowest BCUT2D eigenvalue weighted by molar-refractivity contribution is 0.237. The maximum Gasteiger partial charge on any atom is 0.315 e. The van der Waals surface area contributed by atoms with Crippen LogP contribution in [0.1, 0.15) is 31.7 Å². The summed E-state index contributed by atoms with van der Waals surface area (Å²) in [6.45, 7) is 3.54. The van der Waals surface area contributed by atoms with E-state index in [1.807, 2.05) is 0 Å². The minimum Gasteiger partial charge on any atom is -0.336 e. The first-order valence-electron chi connectivity index (χ1n) is 7.34. The minimum atomic E-state index is -3.34. The van der Waals surface area contributed by atoms with Gasteiger partial charge in [-0.15, -0.1) is 0 Å². The van der Waals surface area contributed by atoms with Gasteiger partial charge in [0.2, 0.25) is 10.0 Å². The molecule has 2 amide bonds. The molecule has 3 N–H and O–H groups in total. The highest BCUT2D eigenvalue weighted by atomic mass is 32.2. The van der Waals surface area contributed by atoms with Crippen LogP contribution in [-0.2, 0) is 10.0 Å². The summed E-state index contributed by atoms with van der Waals surface area (Å²) >= 11 is 0. The molecule has 1 saturated carbocycles. The number of hydrogen-bond donors (Lipinski definition) is 3. The fourth-order valence-corrected chi connectivity index (χ4v) is 3.57.